The van der Waals surface area contributed by atoms with Crippen LogP contribution >= 0.6 is 0 Å². The number of rotatable bonds is 0. The van der Waals surface area contributed by atoms with Crippen LogP contribution < -0.4 is 0 Å². The molecule has 0 saturated heterocycles. The maximum atomic E-state index is 8.36. The molecule has 1 N–H and O–H groups in total. The Morgan fingerprint density at radius 1 is 1.60 bits per heavy atom. The number of hydrogen-bond acceptors (Lipinski definition) is 2. The van der Waals surface area contributed by atoms with E-state index in [1.165, 1.54) is 0 Å². The standard InChI is InChI=1S/CH2O2.Al.O.H/c2-1-3;;;/h1H,(H,2,3);;;. The molecule has 3 nitrogen and oxygen atoms in total. The van der Waals surface area contributed by atoms with E-state index in [4.69, 9.17) is 13.7 Å². The minimum atomic E-state index is -0.250. The molecule has 0 heterocycles. The average molecular weight is 90.0 g/mol. The quantitative estimate of drug-likeness (QED) is 0.304. The SMILES string of the molecule is O=CO.[O]=[AlH]. The van der Waals surface area contributed by atoms with Crippen LogP contribution in [0.1, 0.15) is 0 Å². The van der Waals surface area contributed by atoms with Gasteiger partial charge in [-0.05, 0) is 0 Å². The molecule has 0 fully saturated rings. The third-order valence-electron chi connectivity index (χ3n) is 0. The number of carbonyl (C=O) groups is 1. The second kappa shape index (κ2) is 46.4. The molecule has 0 aromatic rings. The maximum absolute atomic E-state index is 8.36. The van der Waals surface area contributed by atoms with Gasteiger partial charge in [-0.25, -0.2) is 0 Å². The van der Waals surface area contributed by atoms with Gasteiger partial charge in [0.15, 0.2) is 0 Å². The van der Waals surface area contributed by atoms with Crippen molar-refractivity contribution in [3.05, 3.63) is 0 Å². The average Bonchev–Trinajstić information content (AvgIpc) is 1.46. The summed E-state index contributed by atoms with van der Waals surface area (Å²) >= 11 is 0.611. The van der Waals surface area contributed by atoms with Crippen molar-refractivity contribution in [2.75, 3.05) is 0 Å². The van der Waals surface area contributed by atoms with E-state index in [2.05, 4.69) is 0 Å². The Morgan fingerprint density at radius 3 is 1.60 bits per heavy atom. The molecule has 0 rings (SSSR count). The molecular formula is CH3AlO3. The van der Waals surface area contributed by atoms with Crippen molar-refractivity contribution in [1.29, 1.82) is 0 Å². The van der Waals surface area contributed by atoms with E-state index in [0.717, 1.165) is 0 Å². The summed E-state index contributed by atoms with van der Waals surface area (Å²) in [5.41, 5.74) is 0. The molecule has 5 heavy (non-hydrogen) atoms. The van der Waals surface area contributed by atoms with Gasteiger partial charge in [0, 0.05) is 0 Å². The Labute approximate surface area is 37.2 Å². The molecule has 0 aromatic heterocycles. The van der Waals surface area contributed by atoms with E-state index in [0.29, 0.717) is 16.2 Å². The van der Waals surface area contributed by atoms with Crippen molar-refractivity contribution < 1.29 is 13.7 Å². The van der Waals surface area contributed by atoms with E-state index >= 15 is 0 Å². The molecule has 0 aliphatic rings. The number of carboxylic acid groups (broad SMARTS) is 1. The molecule has 0 aromatic carbocycles. The molecule has 0 aliphatic carbocycles. The van der Waals surface area contributed by atoms with Crippen molar-refractivity contribution in [2.45, 2.75) is 0 Å². The Balaban J connectivity index is 0. The van der Waals surface area contributed by atoms with Crippen molar-refractivity contribution in [3.8, 4) is 0 Å². The molecule has 0 spiro atoms. The minimum absolute atomic E-state index is 0.250. The molecular weight excluding hydrogens is 87.0 g/mol. The van der Waals surface area contributed by atoms with Gasteiger partial charge in [0.1, 0.15) is 0 Å². The first-order valence-electron chi connectivity index (χ1n) is 0.783. The van der Waals surface area contributed by atoms with Crippen LogP contribution in [0.15, 0.2) is 0 Å². The summed E-state index contributed by atoms with van der Waals surface area (Å²) in [5, 5.41) is 6.89. The van der Waals surface area contributed by atoms with Gasteiger partial charge in [-0.3, -0.25) is 4.79 Å². The fourth-order valence-corrected chi connectivity index (χ4v) is 0. The molecule has 4 heteroatoms. The van der Waals surface area contributed by atoms with E-state index in [1.54, 1.807) is 0 Å². The fraction of sp³-hybridized carbons (Fsp3) is 0. The summed E-state index contributed by atoms with van der Waals surface area (Å²) in [6.07, 6.45) is 0. The van der Waals surface area contributed by atoms with Crippen molar-refractivity contribution in [3.63, 3.8) is 0 Å². The summed E-state index contributed by atoms with van der Waals surface area (Å²) in [4.78, 5) is 8.36. The molecule has 0 unspecified atom stereocenters. The van der Waals surface area contributed by atoms with Gasteiger partial charge in [0.25, 0.3) is 6.47 Å². The fourth-order valence-electron chi connectivity index (χ4n) is 0. The zero-order valence-corrected chi connectivity index (χ0v) is 3.96. The van der Waals surface area contributed by atoms with Crippen LogP contribution in [0.4, 0.5) is 0 Å². The Kier molecular flexibility index (Phi) is 82.0. The Morgan fingerprint density at radius 2 is 1.60 bits per heavy atom. The second-order valence-electron chi connectivity index (χ2n) is 0.105. The van der Waals surface area contributed by atoms with E-state index in [9.17, 15) is 0 Å². The topological polar surface area (TPSA) is 54.4 Å². The van der Waals surface area contributed by atoms with Crippen LogP contribution in [0.25, 0.3) is 0 Å². The summed E-state index contributed by atoms with van der Waals surface area (Å²) in [7, 11) is 0. The Bertz CT molecular complexity index is 20.9. The zero-order chi connectivity index (χ0) is 4.71. The van der Waals surface area contributed by atoms with Crippen LogP contribution in [0.3, 0.4) is 0 Å². The summed E-state index contributed by atoms with van der Waals surface area (Å²) in [5.74, 6) is 0. The van der Waals surface area contributed by atoms with E-state index < -0.39 is 0 Å². The molecule has 0 amide bonds. The summed E-state index contributed by atoms with van der Waals surface area (Å²) in [6, 6.07) is 0. The van der Waals surface area contributed by atoms with Crippen molar-refractivity contribution in [1.82, 2.24) is 0 Å². The molecule has 0 saturated carbocycles. The van der Waals surface area contributed by atoms with Crippen LogP contribution in [0.2, 0.25) is 0 Å². The second-order valence-corrected chi connectivity index (χ2v) is 0.105. The Hall–Kier alpha value is -0.198. The van der Waals surface area contributed by atoms with Gasteiger partial charge in [-0.2, -0.15) is 0 Å². The third kappa shape index (κ3) is 317. The van der Waals surface area contributed by atoms with Crippen LogP contribution in [-0.2, 0) is 8.60 Å². The summed E-state index contributed by atoms with van der Waals surface area (Å²) in [6.45, 7) is -0.250. The van der Waals surface area contributed by atoms with Crippen LogP contribution in [0.5, 0.6) is 0 Å². The van der Waals surface area contributed by atoms with Crippen molar-refractivity contribution >= 4 is 22.7 Å². The zero-order valence-electron chi connectivity index (χ0n) is 2.55. The normalized spacial score (nSPS) is 3.00. The van der Waals surface area contributed by atoms with Gasteiger partial charge in [-0.15, -0.1) is 0 Å². The van der Waals surface area contributed by atoms with E-state index in [-0.39, 0.29) is 6.47 Å². The van der Waals surface area contributed by atoms with Gasteiger partial charge >= 0.3 is 20.0 Å². The molecule has 0 atom stereocenters. The van der Waals surface area contributed by atoms with Crippen LogP contribution in [0, 0.1) is 0 Å². The van der Waals surface area contributed by atoms with Crippen LogP contribution in [-0.4, -0.2) is 27.8 Å². The third-order valence-corrected chi connectivity index (χ3v) is 0. The van der Waals surface area contributed by atoms with Gasteiger partial charge in [0.2, 0.25) is 0 Å². The van der Waals surface area contributed by atoms with Gasteiger partial charge < -0.3 is 5.11 Å². The van der Waals surface area contributed by atoms with Gasteiger partial charge in [-0.1, -0.05) is 0 Å². The molecule has 0 bridgehead atoms. The first-order valence-corrected chi connectivity index (χ1v) is 1.36. The predicted molar refractivity (Wildman–Crippen MR) is 16.5 cm³/mol. The first kappa shape index (κ1) is 8.84. The molecule has 28 valence electrons. The van der Waals surface area contributed by atoms with E-state index in [1.807, 2.05) is 0 Å². The molecule has 0 aliphatic heterocycles. The monoisotopic (exact) mass is 90.0 g/mol. The predicted octanol–water partition coefficient (Wildman–Crippen LogP) is -1.07. The first-order chi connectivity index (χ1) is 2.41. The van der Waals surface area contributed by atoms with Gasteiger partial charge in [0.05, 0.1) is 0 Å². The van der Waals surface area contributed by atoms with Crippen molar-refractivity contribution in [2.24, 2.45) is 0 Å². The number of hydrogen-bond donors (Lipinski definition) is 1. The summed E-state index contributed by atoms with van der Waals surface area (Å²) < 4.78 is 8.28. The molecule has 0 radical (unpaired) electrons.